The number of ether oxygens (including phenoxy) is 1. The molecule has 0 bridgehead atoms. The lowest BCUT2D eigenvalue weighted by molar-refractivity contribution is -0.143. The van der Waals surface area contributed by atoms with Crippen LogP contribution in [0.25, 0.3) is 11.2 Å². The molecule has 0 fully saturated rings. The van der Waals surface area contributed by atoms with Gasteiger partial charge in [-0.15, -0.1) is 0 Å². The first kappa shape index (κ1) is 25.1. The van der Waals surface area contributed by atoms with Crippen molar-refractivity contribution in [2.24, 2.45) is 21.1 Å². The van der Waals surface area contributed by atoms with E-state index in [1.807, 2.05) is 0 Å². The Kier molecular flexibility index (Phi) is 6.49. The largest absolute Gasteiger partial charge is 0.456 e. The van der Waals surface area contributed by atoms with Crippen molar-refractivity contribution in [2.75, 3.05) is 12.3 Å². The Labute approximate surface area is 207 Å². The third kappa shape index (κ3) is 4.39. The van der Waals surface area contributed by atoms with Crippen LogP contribution in [-0.2, 0) is 43.8 Å². The van der Waals surface area contributed by atoms with Crippen molar-refractivity contribution < 1.29 is 14.3 Å². The van der Waals surface area contributed by atoms with Crippen LogP contribution in [0.3, 0.4) is 0 Å². The van der Waals surface area contributed by atoms with Gasteiger partial charge in [0.25, 0.3) is 11.1 Å². The fraction of sp³-hybridized carbons (Fsp3) is 0.261. The van der Waals surface area contributed by atoms with Crippen LogP contribution in [0, 0.1) is 0 Å². The van der Waals surface area contributed by atoms with E-state index in [1.54, 1.807) is 30.3 Å². The molecule has 192 valence electrons. The van der Waals surface area contributed by atoms with E-state index in [9.17, 15) is 28.8 Å². The first-order valence-corrected chi connectivity index (χ1v) is 11.0. The summed E-state index contributed by atoms with van der Waals surface area (Å²) in [4.78, 5) is 79.2. The predicted octanol–water partition coefficient (Wildman–Crippen LogP) is -1.65. The minimum atomic E-state index is -0.919. The molecule has 1 aromatic carbocycles. The highest BCUT2D eigenvalue weighted by Crippen LogP contribution is 2.10. The number of nitrogens with two attached hydrogens (primary N) is 1. The molecule has 3 heterocycles. The monoisotopic (exact) mass is 509 g/mol. The second-order valence-electron chi connectivity index (χ2n) is 8.31. The van der Waals surface area contributed by atoms with Crippen molar-refractivity contribution in [3.8, 4) is 0 Å². The van der Waals surface area contributed by atoms with Gasteiger partial charge in [0.15, 0.2) is 17.8 Å². The zero-order chi connectivity index (χ0) is 27.0. The van der Waals surface area contributed by atoms with E-state index in [0.717, 1.165) is 23.8 Å². The first-order valence-electron chi connectivity index (χ1n) is 11.0. The van der Waals surface area contributed by atoms with Crippen molar-refractivity contribution in [3.63, 3.8) is 0 Å². The fourth-order valence-electron chi connectivity index (χ4n) is 3.88. The molecule has 37 heavy (non-hydrogen) atoms. The lowest BCUT2D eigenvalue weighted by atomic mass is 10.2. The van der Waals surface area contributed by atoms with Crippen LogP contribution < -0.4 is 28.2 Å². The van der Waals surface area contributed by atoms with E-state index >= 15 is 0 Å². The van der Waals surface area contributed by atoms with Crippen LogP contribution in [0.4, 0.5) is 5.82 Å². The van der Waals surface area contributed by atoms with Crippen LogP contribution in [0.15, 0.2) is 55.8 Å². The van der Waals surface area contributed by atoms with Gasteiger partial charge in [-0.3, -0.25) is 37.4 Å². The van der Waals surface area contributed by atoms with Gasteiger partial charge in [0, 0.05) is 21.1 Å². The van der Waals surface area contributed by atoms with Gasteiger partial charge in [-0.05, 0) is 5.56 Å². The van der Waals surface area contributed by atoms with E-state index in [0.29, 0.717) is 0 Å². The summed E-state index contributed by atoms with van der Waals surface area (Å²) in [5.41, 5.74) is 3.50. The number of carbonyl (C=O) groups is 2. The summed E-state index contributed by atoms with van der Waals surface area (Å²) < 4.78 is 10.1. The Morgan fingerprint density at radius 2 is 1.57 bits per heavy atom. The van der Waals surface area contributed by atoms with Gasteiger partial charge in [-0.25, -0.2) is 14.6 Å². The SMILES string of the molecule is Cn1c(=O)c(C(=O)COC(=O)Cn2cnc3c2c(=O)n(C)c(=O)n3C)c(N)n(Cc2ccccc2)c1=O. The Morgan fingerprint density at radius 1 is 0.919 bits per heavy atom. The summed E-state index contributed by atoms with van der Waals surface area (Å²) in [7, 11) is 3.94. The topological polar surface area (TPSA) is 175 Å². The minimum absolute atomic E-state index is 0.000946. The molecule has 4 rings (SSSR count). The molecule has 0 spiro atoms. The number of benzene rings is 1. The molecule has 0 aliphatic heterocycles. The highest BCUT2D eigenvalue weighted by atomic mass is 16.5. The molecule has 0 saturated heterocycles. The molecule has 14 nitrogen and oxygen atoms in total. The molecule has 0 saturated carbocycles. The molecule has 0 atom stereocenters. The van der Waals surface area contributed by atoms with Gasteiger partial charge in [-0.1, -0.05) is 30.3 Å². The van der Waals surface area contributed by atoms with Crippen LogP contribution >= 0.6 is 0 Å². The molecule has 0 amide bonds. The standard InChI is InChI=1S/C23H23N7O7/c1-26-19-17(21(34)28(3)22(26)35)29(12-25-19)10-15(32)37-11-14(31)16-18(24)30(23(36)27(2)20(16)33)9-13-7-5-4-6-8-13/h4-8,12H,9-11,24H2,1-3H3. The maximum absolute atomic E-state index is 12.9. The number of esters is 1. The van der Waals surface area contributed by atoms with Crippen LogP contribution in [-0.4, -0.2) is 46.2 Å². The summed E-state index contributed by atoms with van der Waals surface area (Å²) in [6.07, 6.45) is 1.20. The number of aryl methyl sites for hydroxylation is 1. The summed E-state index contributed by atoms with van der Waals surface area (Å²) in [5.74, 6) is -2.15. The summed E-state index contributed by atoms with van der Waals surface area (Å²) in [5, 5.41) is 0. The zero-order valence-electron chi connectivity index (χ0n) is 20.2. The summed E-state index contributed by atoms with van der Waals surface area (Å²) >= 11 is 0. The van der Waals surface area contributed by atoms with E-state index < -0.39 is 53.0 Å². The smallest absolute Gasteiger partial charge is 0.332 e. The Morgan fingerprint density at radius 3 is 2.24 bits per heavy atom. The normalized spacial score (nSPS) is 11.1. The van der Waals surface area contributed by atoms with Crippen LogP contribution in [0.2, 0.25) is 0 Å². The number of carbonyl (C=O) groups excluding carboxylic acids is 2. The van der Waals surface area contributed by atoms with Crippen LogP contribution in [0.1, 0.15) is 15.9 Å². The van der Waals surface area contributed by atoms with Gasteiger partial charge >= 0.3 is 17.3 Å². The Hall–Kier alpha value is -5.01. The quantitative estimate of drug-likeness (QED) is 0.226. The van der Waals surface area contributed by atoms with Gasteiger partial charge in [0.2, 0.25) is 5.78 Å². The fourth-order valence-corrected chi connectivity index (χ4v) is 3.88. The number of ketones is 1. The van der Waals surface area contributed by atoms with Crippen molar-refractivity contribution in [3.05, 3.63) is 89.5 Å². The Bertz CT molecular complexity index is 1790. The maximum atomic E-state index is 12.9. The van der Waals surface area contributed by atoms with E-state index in [-0.39, 0.29) is 23.5 Å². The molecule has 0 aliphatic rings. The summed E-state index contributed by atoms with van der Waals surface area (Å²) in [6, 6.07) is 8.84. The van der Waals surface area contributed by atoms with Gasteiger partial charge in [-0.2, -0.15) is 0 Å². The van der Waals surface area contributed by atoms with Crippen molar-refractivity contribution in [1.82, 2.24) is 27.8 Å². The number of fused-ring (bicyclic) bond motifs is 1. The number of Topliss-reactive ketones (excluding diaryl/α,β-unsaturated/α-hetero) is 1. The van der Waals surface area contributed by atoms with E-state index in [1.165, 1.54) is 32.0 Å². The number of rotatable bonds is 7. The maximum Gasteiger partial charge on any atom is 0.332 e. The second kappa shape index (κ2) is 9.56. The van der Waals surface area contributed by atoms with Crippen molar-refractivity contribution in [1.29, 1.82) is 0 Å². The number of hydrogen-bond acceptors (Lipinski definition) is 9. The molecule has 0 unspecified atom stereocenters. The van der Waals surface area contributed by atoms with E-state index in [4.69, 9.17) is 10.5 Å². The molecule has 14 heteroatoms. The molecule has 2 N–H and O–H groups in total. The number of aromatic nitrogens is 6. The second-order valence-corrected chi connectivity index (χ2v) is 8.31. The number of imidazole rings is 1. The molecule has 3 aromatic heterocycles. The average Bonchev–Trinajstić information content (AvgIpc) is 3.30. The first-order chi connectivity index (χ1) is 17.5. The van der Waals surface area contributed by atoms with Crippen LogP contribution in [0.5, 0.6) is 0 Å². The molecule has 0 aliphatic carbocycles. The van der Waals surface area contributed by atoms with Crippen molar-refractivity contribution in [2.45, 2.75) is 13.1 Å². The number of nitrogen functional groups attached to an aromatic ring is 1. The third-order valence-corrected chi connectivity index (χ3v) is 5.93. The number of nitrogens with zero attached hydrogens (tertiary/aromatic N) is 6. The average molecular weight is 509 g/mol. The highest BCUT2D eigenvalue weighted by molar-refractivity contribution is 6.01. The molecule has 4 aromatic rings. The van der Waals surface area contributed by atoms with Gasteiger partial charge in [0.05, 0.1) is 12.9 Å². The van der Waals surface area contributed by atoms with Gasteiger partial charge in [0.1, 0.15) is 17.9 Å². The molecular formula is C23H23N7O7. The minimum Gasteiger partial charge on any atom is -0.456 e. The van der Waals surface area contributed by atoms with E-state index in [2.05, 4.69) is 4.98 Å². The lowest BCUT2D eigenvalue weighted by Gasteiger charge is -2.15. The highest BCUT2D eigenvalue weighted by Gasteiger charge is 2.23. The third-order valence-electron chi connectivity index (χ3n) is 5.93. The van der Waals surface area contributed by atoms with Crippen molar-refractivity contribution >= 4 is 28.7 Å². The predicted molar refractivity (Wildman–Crippen MR) is 131 cm³/mol. The lowest BCUT2D eigenvalue weighted by Crippen LogP contribution is -2.43. The molecule has 0 radical (unpaired) electrons. The van der Waals surface area contributed by atoms with Gasteiger partial charge < -0.3 is 15.0 Å². The zero-order valence-corrected chi connectivity index (χ0v) is 20.2. The Balaban J connectivity index is 1.57. The summed E-state index contributed by atoms with van der Waals surface area (Å²) in [6.45, 7) is -1.30. The number of hydrogen-bond donors (Lipinski definition) is 1. The molecular weight excluding hydrogens is 486 g/mol. The number of anilines is 1.